The number of carbonyl (C=O) groups is 1. The fraction of sp³-hybridized carbons (Fsp3) is 0.300. The van der Waals surface area contributed by atoms with Crippen LogP contribution in [0.5, 0.6) is 11.5 Å². The topological polar surface area (TPSA) is 109 Å². The number of nitrogens with zero attached hydrogens (tertiary/aromatic N) is 4. The normalized spacial score (nSPS) is 14.3. The third-order valence-corrected chi connectivity index (χ3v) is 4.81. The molecule has 3 rings (SSSR count). The summed E-state index contributed by atoms with van der Waals surface area (Å²) in [5.74, 6) is -0.0992. The summed E-state index contributed by atoms with van der Waals surface area (Å²) in [6, 6.07) is 9.93. The van der Waals surface area contributed by atoms with Crippen molar-refractivity contribution in [3.63, 3.8) is 0 Å². The Hall–Kier alpha value is -3.62. The molecule has 9 nitrogen and oxygen atoms in total. The first-order chi connectivity index (χ1) is 13.9. The van der Waals surface area contributed by atoms with Crippen molar-refractivity contribution in [3.05, 3.63) is 52.1 Å². The van der Waals surface area contributed by atoms with Gasteiger partial charge in [-0.25, -0.2) is 0 Å². The number of non-ortho nitro benzene ring substituents is 1. The molecule has 0 unspecified atom stereocenters. The molecule has 0 atom stereocenters. The molecule has 0 aliphatic carbocycles. The highest BCUT2D eigenvalue weighted by Crippen LogP contribution is 2.34. The first-order valence-electron chi connectivity index (χ1n) is 9.09. The molecule has 29 heavy (non-hydrogen) atoms. The molecule has 152 valence electrons. The van der Waals surface area contributed by atoms with E-state index in [1.165, 1.54) is 19.4 Å². The van der Waals surface area contributed by atoms with Gasteiger partial charge in [-0.3, -0.25) is 19.9 Å². The molecule has 1 saturated heterocycles. The summed E-state index contributed by atoms with van der Waals surface area (Å²) in [7, 11) is 1.33. The lowest BCUT2D eigenvalue weighted by molar-refractivity contribution is -0.385. The SMILES string of the molecule is COc1cc([N+](=O)[O-])cc(C=Nc2ccc(N3CCN(C(C)=O)CC3)cc2)c1O. The minimum atomic E-state index is -0.556. The number of aromatic hydroxyl groups is 1. The van der Waals surface area contributed by atoms with Gasteiger partial charge in [-0.2, -0.15) is 0 Å². The van der Waals surface area contributed by atoms with Crippen LogP contribution in [0.3, 0.4) is 0 Å². The number of ether oxygens (including phenoxy) is 1. The van der Waals surface area contributed by atoms with E-state index in [1.54, 1.807) is 6.92 Å². The first kappa shape index (κ1) is 20.1. The van der Waals surface area contributed by atoms with Gasteiger partial charge in [-0.1, -0.05) is 0 Å². The van der Waals surface area contributed by atoms with Gasteiger partial charge in [0.05, 0.1) is 23.8 Å². The number of aliphatic imine (C=N–C) groups is 1. The van der Waals surface area contributed by atoms with Crippen molar-refractivity contribution >= 4 is 29.2 Å². The van der Waals surface area contributed by atoms with Crippen LogP contribution in [-0.4, -0.2) is 60.3 Å². The zero-order chi connectivity index (χ0) is 21.0. The monoisotopic (exact) mass is 398 g/mol. The lowest BCUT2D eigenvalue weighted by Crippen LogP contribution is -2.48. The second-order valence-electron chi connectivity index (χ2n) is 6.61. The average Bonchev–Trinajstić information content (AvgIpc) is 2.73. The molecular formula is C20H22N4O5. The number of hydrogen-bond donors (Lipinski definition) is 1. The molecule has 2 aromatic rings. The summed E-state index contributed by atoms with van der Waals surface area (Å²) < 4.78 is 4.99. The van der Waals surface area contributed by atoms with Gasteiger partial charge < -0.3 is 19.6 Å². The Labute approximate surface area is 168 Å². The van der Waals surface area contributed by atoms with E-state index >= 15 is 0 Å². The van der Waals surface area contributed by atoms with Crippen LogP contribution < -0.4 is 9.64 Å². The Morgan fingerprint density at radius 3 is 2.41 bits per heavy atom. The summed E-state index contributed by atoms with van der Waals surface area (Å²) in [5.41, 5.74) is 1.68. The predicted octanol–water partition coefficient (Wildman–Crippen LogP) is 2.73. The smallest absolute Gasteiger partial charge is 0.274 e. The molecule has 1 fully saturated rings. The molecule has 9 heteroatoms. The van der Waals surface area contributed by atoms with Gasteiger partial charge in [0.2, 0.25) is 5.91 Å². The number of benzene rings is 2. The molecule has 0 spiro atoms. The van der Waals surface area contributed by atoms with Gasteiger partial charge in [0.25, 0.3) is 5.69 Å². The van der Waals surface area contributed by atoms with E-state index in [0.29, 0.717) is 18.8 Å². The second kappa shape index (κ2) is 8.59. The molecule has 1 aliphatic heterocycles. The Morgan fingerprint density at radius 1 is 1.21 bits per heavy atom. The maximum atomic E-state index is 11.4. The Kier molecular flexibility index (Phi) is 5.96. The van der Waals surface area contributed by atoms with Gasteiger partial charge in [0.1, 0.15) is 0 Å². The third kappa shape index (κ3) is 4.63. The van der Waals surface area contributed by atoms with Crippen molar-refractivity contribution in [2.45, 2.75) is 6.92 Å². The van der Waals surface area contributed by atoms with Gasteiger partial charge in [0.15, 0.2) is 11.5 Å². The van der Waals surface area contributed by atoms with E-state index in [0.717, 1.165) is 24.8 Å². The summed E-state index contributed by atoms with van der Waals surface area (Å²) in [6.45, 7) is 4.51. The zero-order valence-corrected chi connectivity index (χ0v) is 16.2. The number of nitro groups is 1. The molecular weight excluding hydrogens is 376 g/mol. The molecule has 2 aromatic carbocycles. The Bertz CT molecular complexity index is 935. The van der Waals surface area contributed by atoms with Crippen molar-refractivity contribution in [3.8, 4) is 11.5 Å². The Morgan fingerprint density at radius 2 is 1.86 bits per heavy atom. The molecule has 0 radical (unpaired) electrons. The van der Waals surface area contributed by atoms with Gasteiger partial charge >= 0.3 is 0 Å². The summed E-state index contributed by atoms with van der Waals surface area (Å²) in [5, 5.41) is 21.2. The number of phenols is 1. The lowest BCUT2D eigenvalue weighted by Gasteiger charge is -2.35. The van der Waals surface area contributed by atoms with Crippen molar-refractivity contribution < 1.29 is 19.6 Å². The number of rotatable bonds is 5. The Balaban J connectivity index is 1.73. The van der Waals surface area contributed by atoms with Crippen LogP contribution in [0, 0.1) is 10.1 Å². The highest BCUT2D eigenvalue weighted by Gasteiger charge is 2.19. The minimum absolute atomic E-state index is 0.0145. The van der Waals surface area contributed by atoms with E-state index in [9.17, 15) is 20.0 Å². The van der Waals surface area contributed by atoms with Crippen LogP contribution >= 0.6 is 0 Å². The van der Waals surface area contributed by atoms with E-state index in [2.05, 4.69) is 9.89 Å². The zero-order valence-electron chi connectivity index (χ0n) is 16.2. The molecule has 1 amide bonds. The number of hydrogen-bond acceptors (Lipinski definition) is 7. The number of nitro benzene ring substituents is 1. The maximum absolute atomic E-state index is 11.4. The van der Waals surface area contributed by atoms with Crippen LogP contribution in [0.4, 0.5) is 17.1 Å². The highest BCUT2D eigenvalue weighted by molar-refractivity contribution is 5.88. The van der Waals surface area contributed by atoms with Crippen LogP contribution in [0.15, 0.2) is 41.4 Å². The fourth-order valence-corrected chi connectivity index (χ4v) is 3.15. The maximum Gasteiger partial charge on any atom is 0.274 e. The number of phenolic OH excluding ortho intramolecular Hbond substituents is 1. The molecule has 0 bridgehead atoms. The van der Waals surface area contributed by atoms with Crippen molar-refractivity contribution in [2.24, 2.45) is 4.99 Å². The molecule has 1 heterocycles. The summed E-state index contributed by atoms with van der Waals surface area (Å²) >= 11 is 0. The van der Waals surface area contributed by atoms with E-state index in [1.807, 2.05) is 29.2 Å². The summed E-state index contributed by atoms with van der Waals surface area (Å²) in [6.07, 6.45) is 1.37. The molecule has 1 N–H and O–H groups in total. The lowest BCUT2D eigenvalue weighted by atomic mass is 10.1. The number of methoxy groups -OCH3 is 1. The fourth-order valence-electron chi connectivity index (χ4n) is 3.15. The van der Waals surface area contributed by atoms with E-state index < -0.39 is 4.92 Å². The van der Waals surface area contributed by atoms with Crippen LogP contribution in [0.2, 0.25) is 0 Å². The average molecular weight is 398 g/mol. The largest absolute Gasteiger partial charge is 0.504 e. The quantitative estimate of drug-likeness (QED) is 0.471. The number of carbonyl (C=O) groups excluding carboxylic acids is 1. The van der Waals surface area contributed by atoms with Crippen molar-refractivity contribution in [2.75, 3.05) is 38.2 Å². The number of amides is 1. The summed E-state index contributed by atoms with van der Waals surface area (Å²) in [4.78, 5) is 30.2. The molecule has 0 aromatic heterocycles. The molecule has 0 saturated carbocycles. The first-order valence-corrected chi connectivity index (χ1v) is 9.09. The number of anilines is 1. The van der Waals surface area contributed by atoms with Crippen LogP contribution in [-0.2, 0) is 4.79 Å². The molecule has 1 aliphatic rings. The van der Waals surface area contributed by atoms with Crippen molar-refractivity contribution in [1.82, 2.24) is 4.90 Å². The predicted molar refractivity (Wildman–Crippen MR) is 109 cm³/mol. The standard InChI is InChI=1S/C20H22N4O5/c1-14(25)22-7-9-23(10-8-22)17-5-3-16(4-6-17)21-13-15-11-18(24(27)28)12-19(29-2)20(15)26/h3-6,11-13,26H,7-10H2,1-2H3. The van der Waals surface area contributed by atoms with Crippen LogP contribution in [0.25, 0.3) is 0 Å². The van der Waals surface area contributed by atoms with Gasteiger partial charge in [0, 0.05) is 56.6 Å². The number of piperazine rings is 1. The van der Waals surface area contributed by atoms with Crippen molar-refractivity contribution in [1.29, 1.82) is 0 Å². The van der Waals surface area contributed by atoms with E-state index in [-0.39, 0.29) is 28.7 Å². The van der Waals surface area contributed by atoms with E-state index in [4.69, 9.17) is 4.74 Å². The van der Waals surface area contributed by atoms with Crippen LogP contribution in [0.1, 0.15) is 12.5 Å². The highest BCUT2D eigenvalue weighted by atomic mass is 16.6. The minimum Gasteiger partial charge on any atom is -0.504 e. The second-order valence-corrected chi connectivity index (χ2v) is 6.61. The third-order valence-electron chi connectivity index (χ3n) is 4.81. The van der Waals surface area contributed by atoms with Gasteiger partial charge in [-0.05, 0) is 24.3 Å². The van der Waals surface area contributed by atoms with Gasteiger partial charge in [-0.15, -0.1) is 0 Å².